The van der Waals surface area contributed by atoms with Crippen LogP contribution in [0.3, 0.4) is 0 Å². The first-order chi connectivity index (χ1) is 12.5. The summed E-state index contributed by atoms with van der Waals surface area (Å²) in [7, 11) is 2.08. The van der Waals surface area contributed by atoms with E-state index in [9.17, 15) is 10.1 Å². The molecule has 1 aromatic heterocycles. The highest BCUT2D eigenvalue weighted by Crippen LogP contribution is 2.21. The Hall–Kier alpha value is -2.41. The molecule has 0 radical (unpaired) electrons. The lowest BCUT2D eigenvalue weighted by Gasteiger charge is -2.29. The van der Waals surface area contributed by atoms with Gasteiger partial charge in [-0.1, -0.05) is 12.1 Å². The van der Waals surface area contributed by atoms with Gasteiger partial charge in [0.2, 0.25) is 0 Å². The molecule has 1 aliphatic rings. The molecule has 2 heterocycles. The Morgan fingerprint density at radius 1 is 1.15 bits per heavy atom. The standard InChI is InChI=1S/C19H27N5O2/c1-15-19(24(25)26)16(2)23(20-15)14-21(3)13-17-7-9-18(10-8-17)22-11-5-4-6-12-22/h7-10H,4-6,11-14H2,1-3H3/p+1. The topological polar surface area (TPSA) is 68.6 Å². The molecule has 0 amide bonds. The zero-order valence-corrected chi connectivity index (χ0v) is 15.9. The molecule has 7 heteroatoms. The summed E-state index contributed by atoms with van der Waals surface area (Å²) < 4.78 is 1.74. The molecule has 1 atom stereocenters. The van der Waals surface area contributed by atoms with Gasteiger partial charge in [-0.2, -0.15) is 5.10 Å². The lowest BCUT2D eigenvalue weighted by Crippen LogP contribution is -3.07. The van der Waals surface area contributed by atoms with Crippen LogP contribution < -0.4 is 9.80 Å². The summed E-state index contributed by atoms with van der Waals surface area (Å²) in [6, 6.07) is 8.80. The molecule has 0 saturated carbocycles. The van der Waals surface area contributed by atoms with E-state index < -0.39 is 0 Å². The molecule has 0 spiro atoms. The molecule has 1 fully saturated rings. The highest BCUT2D eigenvalue weighted by atomic mass is 16.6. The first kappa shape index (κ1) is 18.4. The average molecular weight is 358 g/mol. The van der Waals surface area contributed by atoms with E-state index in [2.05, 4.69) is 41.3 Å². The predicted molar refractivity (Wildman–Crippen MR) is 101 cm³/mol. The maximum atomic E-state index is 11.1. The maximum Gasteiger partial charge on any atom is 0.312 e. The number of nitrogens with zero attached hydrogens (tertiary/aromatic N) is 4. The van der Waals surface area contributed by atoms with Gasteiger partial charge in [0.15, 0.2) is 6.67 Å². The Balaban J connectivity index is 1.62. The number of quaternary nitrogens is 1. The summed E-state index contributed by atoms with van der Waals surface area (Å²) in [6.45, 7) is 7.22. The van der Waals surface area contributed by atoms with Gasteiger partial charge in [0.25, 0.3) is 0 Å². The fraction of sp³-hybridized carbons (Fsp3) is 0.526. The first-order valence-corrected chi connectivity index (χ1v) is 9.29. The molecular weight excluding hydrogens is 330 g/mol. The number of benzene rings is 1. The van der Waals surface area contributed by atoms with Crippen molar-refractivity contribution in [2.45, 2.75) is 46.3 Å². The molecule has 0 bridgehead atoms. The lowest BCUT2D eigenvalue weighted by molar-refractivity contribution is -0.917. The van der Waals surface area contributed by atoms with Crippen molar-refractivity contribution in [3.05, 3.63) is 51.3 Å². The third kappa shape index (κ3) is 4.04. The minimum Gasteiger partial charge on any atom is -0.372 e. The van der Waals surface area contributed by atoms with Crippen LogP contribution in [-0.4, -0.2) is 34.8 Å². The summed E-state index contributed by atoms with van der Waals surface area (Å²) >= 11 is 0. The van der Waals surface area contributed by atoms with E-state index in [1.165, 1.54) is 35.4 Å². The van der Waals surface area contributed by atoms with Gasteiger partial charge >= 0.3 is 5.69 Å². The Labute approximate surface area is 154 Å². The van der Waals surface area contributed by atoms with Crippen LogP contribution in [0.15, 0.2) is 24.3 Å². The first-order valence-electron chi connectivity index (χ1n) is 9.29. The second-order valence-electron chi connectivity index (χ2n) is 7.28. The van der Waals surface area contributed by atoms with Gasteiger partial charge in [0.1, 0.15) is 17.9 Å². The quantitative estimate of drug-likeness (QED) is 0.634. The van der Waals surface area contributed by atoms with E-state index in [1.54, 1.807) is 18.5 Å². The van der Waals surface area contributed by atoms with Gasteiger partial charge in [-0.25, -0.2) is 4.68 Å². The van der Waals surface area contributed by atoms with Gasteiger partial charge in [0, 0.05) is 24.3 Å². The maximum absolute atomic E-state index is 11.1. The van der Waals surface area contributed by atoms with Crippen molar-refractivity contribution < 1.29 is 9.82 Å². The third-order valence-electron chi connectivity index (χ3n) is 5.11. The van der Waals surface area contributed by atoms with Gasteiger partial charge < -0.3 is 9.80 Å². The molecule has 3 rings (SSSR count). The molecule has 1 aliphatic heterocycles. The van der Waals surface area contributed by atoms with Crippen LogP contribution in [0.4, 0.5) is 11.4 Å². The third-order valence-corrected chi connectivity index (χ3v) is 5.11. The monoisotopic (exact) mass is 358 g/mol. The smallest absolute Gasteiger partial charge is 0.312 e. The summed E-state index contributed by atoms with van der Waals surface area (Å²) in [5, 5.41) is 15.5. The largest absolute Gasteiger partial charge is 0.372 e. The Kier molecular flexibility index (Phi) is 5.56. The number of aryl methyl sites for hydroxylation is 1. The lowest BCUT2D eigenvalue weighted by atomic mass is 10.1. The molecule has 1 saturated heterocycles. The predicted octanol–water partition coefficient (Wildman–Crippen LogP) is 2.07. The van der Waals surface area contributed by atoms with Crippen molar-refractivity contribution in [1.82, 2.24) is 9.78 Å². The zero-order chi connectivity index (χ0) is 18.7. The average Bonchev–Trinajstić information content (AvgIpc) is 2.89. The number of nitro groups is 1. The number of nitrogens with one attached hydrogen (secondary N) is 1. The second kappa shape index (κ2) is 7.86. The summed E-state index contributed by atoms with van der Waals surface area (Å²) in [4.78, 5) is 14.5. The molecular formula is C19H28N5O2+. The van der Waals surface area contributed by atoms with Crippen LogP contribution >= 0.6 is 0 Å². The van der Waals surface area contributed by atoms with Crippen LogP contribution in [0, 0.1) is 24.0 Å². The molecule has 7 nitrogen and oxygen atoms in total. The number of hydrogen-bond acceptors (Lipinski definition) is 4. The van der Waals surface area contributed by atoms with E-state index >= 15 is 0 Å². The number of hydrogen-bond donors (Lipinski definition) is 1. The molecule has 140 valence electrons. The van der Waals surface area contributed by atoms with E-state index in [1.807, 2.05) is 0 Å². The Morgan fingerprint density at radius 2 is 1.81 bits per heavy atom. The second-order valence-corrected chi connectivity index (χ2v) is 7.28. The number of piperidine rings is 1. The molecule has 26 heavy (non-hydrogen) atoms. The normalized spacial score (nSPS) is 15.9. The molecule has 1 N–H and O–H groups in total. The van der Waals surface area contributed by atoms with Crippen LogP contribution in [0.5, 0.6) is 0 Å². The SMILES string of the molecule is Cc1nn(C[NH+](C)Cc2ccc(N3CCCCC3)cc2)c(C)c1[N+](=O)[O-]. The summed E-state index contributed by atoms with van der Waals surface area (Å²) in [5.74, 6) is 0. The van der Waals surface area contributed by atoms with Gasteiger partial charge in [-0.3, -0.25) is 10.1 Å². The fourth-order valence-corrected chi connectivity index (χ4v) is 3.74. The zero-order valence-electron chi connectivity index (χ0n) is 15.9. The van der Waals surface area contributed by atoms with Crippen LogP contribution in [0.25, 0.3) is 0 Å². The van der Waals surface area contributed by atoms with Gasteiger partial charge in [-0.05, 0) is 45.2 Å². The molecule has 1 aromatic carbocycles. The minimum atomic E-state index is -0.344. The van der Waals surface area contributed by atoms with Gasteiger partial charge in [0.05, 0.1) is 12.0 Å². The van der Waals surface area contributed by atoms with E-state index in [0.717, 1.165) is 19.6 Å². The van der Waals surface area contributed by atoms with Crippen molar-refractivity contribution in [1.29, 1.82) is 0 Å². The van der Waals surface area contributed by atoms with Crippen molar-refractivity contribution in [3.63, 3.8) is 0 Å². The van der Waals surface area contributed by atoms with Crippen molar-refractivity contribution in [2.24, 2.45) is 0 Å². The van der Waals surface area contributed by atoms with E-state index in [-0.39, 0.29) is 10.6 Å². The number of rotatable bonds is 6. The van der Waals surface area contributed by atoms with Crippen LogP contribution in [0.1, 0.15) is 36.2 Å². The highest BCUT2D eigenvalue weighted by molar-refractivity contribution is 5.47. The Bertz CT molecular complexity index is 763. The van der Waals surface area contributed by atoms with Gasteiger partial charge in [-0.15, -0.1) is 0 Å². The Morgan fingerprint density at radius 3 is 2.38 bits per heavy atom. The molecule has 1 unspecified atom stereocenters. The molecule has 2 aromatic rings. The fourth-order valence-electron chi connectivity index (χ4n) is 3.74. The van der Waals surface area contributed by atoms with E-state index in [4.69, 9.17) is 0 Å². The molecule has 0 aliphatic carbocycles. The van der Waals surface area contributed by atoms with Crippen LogP contribution in [-0.2, 0) is 13.2 Å². The number of anilines is 1. The van der Waals surface area contributed by atoms with E-state index in [0.29, 0.717) is 18.1 Å². The highest BCUT2D eigenvalue weighted by Gasteiger charge is 2.23. The minimum absolute atomic E-state index is 0.128. The van der Waals surface area contributed by atoms with Crippen molar-refractivity contribution >= 4 is 11.4 Å². The van der Waals surface area contributed by atoms with Crippen LogP contribution in [0.2, 0.25) is 0 Å². The van der Waals surface area contributed by atoms with Crippen molar-refractivity contribution in [2.75, 3.05) is 25.0 Å². The summed E-state index contributed by atoms with van der Waals surface area (Å²) in [5.41, 5.74) is 3.79. The number of aromatic nitrogens is 2. The summed E-state index contributed by atoms with van der Waals surface area (Å²) in [6.07, 6.45) is 3.90. The van der Waals surface area contributed by atoms with Crippen molar-refractivity contribution in [3.8, 4) is 0 Å².